The molecule has 104 valence electrons. The van der Waals surface area contributed by atoms with Gasteiger partial charge in [-0.25, -0.2) is 4.79 Å². The molecule has 0 aliphatic heterocycles. The van der Waals surface area contributed by atoms with Crippen molar-refractivity contribution in [3.63, 3.8) is 0 Å². The van der Waals surface area contributed by atoms with E-state index in [1.807, 2.05) is 36.6 Å². The van der Waals surface area contributed by atoms with E-state index >= 15 is 0 Å². The first-order chi connectivity index (χ1) is 9.69. The Kier molecular flexibility index (Phi) is 4.90. The number of hydrogen-bond acceptors (Lipinski definition) is 4. The smallest absolute Gasteiger partial charge is 0.411 e. The molecule has 4 nitrogen and oxygen atoms in total. The number of benzene rings is 2. The molecule has 20 heavy (non-hydrogen) atoms. The number of phenolic OH excluding ortho intramolecular Hbond substituents is 1. The Morgan fingerprint density at radius 1 is 1.25 bits per heavy atom. The number of thioether (sulfide) groups is 1. The normalized spacial score (nSPS) is 10.1. The number of anilines is 1. The lowest BCUT2D eigenvalue weighted by atomic mass is 10.2. The third-order valence-electron chi connectivity index (χ3n) is 2.63. The van der Waals surface area contributed by atoms with Gasteiger partial charge in [0.25, 0.3) is 0 Å². The molecule has 0 fully saturated rings. The second-order valence-electron chi connectivity index (χ2n) is 4.07. The van der Waals surface area contributed by atoms with Crippen LogP contribution < -0.4 is 5.32 Å². The van der Waals surface area contributed by atoms with Crippen LogP contribution in [0.1, 0.15) is 5.56 Å². The Bertz CT molecular complexity index is 587. The maximum Gasteiger partial charge on any atom is 0.411 e. The molecule has 0 aromatic heterocycles. The molecule has 0 unspecified atom stereocenters. The minimum Gasteiger partial charge on any atom is -0.508 e. The fourth-order valence-electron chi connectivity index (χ4n) is 1.65. The molecule has 2 aromatic carbocycles. The molecular weight excluding hydrogens is 274 g/mol. The van der Waals surface area contributed by atoms with E-state index in [2.05, 4.69) is 5.32 Å². The lowest BCUT2D eigenvalue weighted by Crippen LogP contribution is -2.14. The molecule has 0 atom stereocenters. The van der Waals surface area contributed by atoms with Gasteiger partial charge in [-0.3, -0.25) is 5.32 Å². The third kappa shape index (κ3) is 3.93. The van der Waals surface area contributed by atoms with Crippen molar-refractivity contribution in [2.24, 2.45) is 0 Å². The first-order valence-electron chi connectivity index (χ1n) is 6.04. The van der Waals surface area contributed by atoms with Gasteiger partial charge in [-0.2, -0.15) is 0 Å². The van der Waals surface area contributed by atoms with Gasteiger partial charge in [0.1, 0.15) is 12.4 Å². The minimum absolute atomic E-state index is 0.164. The van der Waals surface area contributed by atoms with Crippen molar-refractivity contribution in [1.29, 1.82) is 0 Å². The number of rotatable bonds is 4. The highest BCUT2D eigenvalue weighted by molar-refractivity contribution is 7.98. The SMILES string of the molecule is CSc1cc(O)ccc1NC(=O)OCc1ccccc1. The van der Waals surface area contributed by atoms with E-state index in [0.717, 1.165) is 10.5 Å². The average Bonchev–Trinajstić information content (AvgIpc) is 2.48. The summed E-state index contributed by atoms with van der Waals surface area (Å²) in [5.41, 5.74) is 1.55. The van der Waals surface area contributed by atoms with Gasteiger partial charge in [0.15, 0.2) is 0 Å². The van der Waals surface area contributed by atoms with Crippen molar-refractivity contribution in [3.8, 4) is 5.75 Å². The summed E-state index contributed by atoms with van der Waals surface area (Å²) in [6, 6.07) is 14.2. The van der Waals surface area contributed by atoms with Crippen molar-refractivity contribution in [2.75, 3.05) is 11.6 Å². The lowest BCUT2D eigenvalue weighted by Gasteiger charge is -2.10. The first-order valence-corrected chi connectivity index (χ1v) is 7.26. The Balaban J connectivity index is 1.95. The van der Waals surface area contributed by atoms with E-state index < -0.39 is 6.09 Å². The zero-order valence-corrected chi connectivity index (χ0v) is 11.8. The van der Waals surface area contributed by atoms with Gasteiger partial charge in [0.05, 0.1) is 5.69 Å². The second kappa shape index (κ2) is 6.86. The molecule has 5 heteroatoms. The molecule has 2 rings (SSSR count). The minimum atomic E-state index is -0.519. The van der Waals surface area contributed by atoms with Gasteiger partial charge >= 0.3 is 6.09 Å². The number of nitrogens with one attached hydrogen (secondary N) is 1. The Labute approximate surface area is 121 Å². The van der Waals surface area contributed by atoms with Crippen LogP contribution >= 0.6 is 11.8 Å². The predicted molar refractivity (Wildman–Crippen MR) is 80.1 cm³/mol. The van der Waals surface area contributed by atoms with E-state index in [-0.39, 0.29) is 12.4 Å². The fraction of sp³-hybridized carbons (Fsp3) is 0.133. The molecule has 0 aliphatic rings. The number of carbonyl (C=O) groups excluding carboxylic acids is 1. The van der Waals surface area contributed by atoms with Crippen LogP contribution in [0.3, 0.4) is 0 Å². The summed E-state index contributed by atoms with van der Waals surface area (Å²) in [6.07, 6.45) is 1.35. The highest BCUT2D eigenvalue weighted by Gasteiger charge is 2.08. The first kappa shape index (κ1) is 14.3. The second-order valence-corrected chi connectivity index (χ2v) is 4.92. The highest BCUT2D eigenvalue weighted by atomic mass is 32.2. The summed E-state index contributed by atoms with van der Waals surface area (Å²) in [6.45, 7) is 0.222. The monoisotopic (exact) mass is 289 g/mol. The van der Waals surface area contributed by atoms with E-state index in [9.17, 15) is 9.90 Å². The van der Waals surface area contributed by atoms with Gasteiger partial charge in [-0.1, -0.05) is 30.3 Å². The van der Waals surface area contributed by atoms with Crippen LogP contribution in [0.4, 0.5) is 10.5 Å². The maximum atomic E-state index is 11.7. The molecule has 0 aliphatic carbocycles. The maximum absolute atomic E-state index is 11.7. The summed E-state index contributed by atoms with van der Waals surface area (Å²) in [5.74, 6) is 0.164. The van der Waals surface area contributed by atoms with Crippen LogP contribution in [0.15, 0.2) is 53.4 Å². The van der Waals surface area contributed by atoms with Gasteiger partial charge < -0.3 is 9.84 Å². The van der Waals surface area contributed by atoms with Crippen molar-refractivity contribution in [2.45, 2.75) is 11.5 Å². The van der Waals surface area contributed by atoms with E-state index in [1.165, 1.54) is 17.8 Å². The van der Waals surface area contributed by atoms with E-state index in [0.29, 0.717) is 5.69 Å². The molecule has 0 bridgehead atoms. The Morgan fingerprint density at radius 2 is 2.00 bits per heavy atom. The van der Waals surface area contributed by atoms with Crippen LogP contribution in [0, 0.1) is 0 Å². The third-order valence-corrected chi connectivity index (χ3v) is 3.41. The van der Waals surface area contributed by atoms with Crippen molar-refractivity contribution >= 4 is 23.5 Å². The topological polar surface area (TPSA) is 58.6 Å². The van der Waals surface area contributed by atoms with Crippen LogP contribution in [-0.2, 0) is 11.3 Å². The largest absolute Gasteiger partial charge is 0.508 e. The average molecular weight is 289 g/mol. The van der Waals surface area contributed by atoms with Gasteiger partial charge in [-0.15, -0.1) is 11.8 Å². The molecule has 0 radical (unpaired) electrons. The Morgan fingerprint density at radius 3 is 2.70 bits per heavy atom. The molecule has 2 N–H and O–H groups in total. The summed E-state index contributed by atoms with van der Waals surface area (Å²) in [5, 5.41) is 12.1. The lowest BCUT2D eigenvalue weighted by molar-refractivity contribution is 0.155. The van der Waals surface area contributed by atoms with Crippen LogP contribution in [0.2, 0.25) is 0 Å². The number of carbonyl (C=O) groups is 1. The summed E-state index contributed by atoms with van der Waals surface area (Å²) in [4.78, 5) is 12.5. The molecular formula is C15H15NO3S. The zero-order chi connectivity index (χ0) is 14.4. The van der Waals surface area contributed by atoms with Crippen LogP contribution in [0.5, 0.6) is 5.75 Å². The molecule has 0 heterocycles. The van der Waals surface area contributed by atoms with Crippen molar-refractivity contribution in [3.05, 3.63) is 54.1 Å². The number of phenols is 1. The van der Waals surface area contributed by atoms with Gasteiger partial charge in [0.2, 0.25) is 0 Å². The molecule has 1 amide bonds. The zero-order valence-electron chi connectivity index (χ0n) is 11.0. The summed E-state index contributed by atoms with van der Waals surface area (Å²) in [7, 11) is 0. The number of hydrogen-bond donors (Lipinski definition) is 2. The Hall–Kier alpha value is -2.14. The predicted octanol–water partition coefficient (Wildman–Crippen LogP) is 3.86. The molecule has 2 aromatic rings. The summed E-state index contributed by atoms with van der Waals surface area (Å²) < 4.78 is 5.14. The number of ether oxygens (including phenoxy) is 1. The van der Waals surface area contributed by atoms with Crippen LogP contribution in [-0.4, -0.2) is 17.5 Å². The fourth-order valence-corrected chi connectivity index (χ4v) is 2.23. The number of amides is 1. The molecule has 0 saturated heterocycles. The van der Waals surface area contributed by atoms with Crippen molar-refractivity contribution in [1.82, 2.24) is 0 Å². The van der Waals surface area contributed by atoms with Crippen molar-refractivity contribution < 1.29 is 14.6 Å². The molecule has 0 spiro atoms. The van der Waals surface area contributed by atoms with E-state index in [4.69, 9.17) is 4.74 Å². The quantitative estimate of drug-likeness (QED) is 0.663. The van der Waals surface area contributed by atoms with E-state index in [1.54, 1.807) is 12.1 Å². The standard InChI is InChI=1S/C15H15NO3S/c1-20-14-9-12(17)7-8-13(14)16-15(18)19-10-11-5-3-2-4-6-11/h2-9,17H,10H2,1H3,(H,16,18). The van der Waals surface area contributed by atoms with Gasteiger partial charge in [0, 0.05) is 4.90 Å². The summed E-state index contributed by atoms with van der Waals surface area (Å²) >= 11 is 1.44. The van der Waals surface area contributed by atoms with Crippen LogP contribution in [0.25, 0.3) is 0 Å². The highest BCUT2D eigenvalue weighted by Crippen LogP contribution is 2.29. The van der Waals surface area contributed by atoms with Gasteiger partial charge in [-0.05, 0) is 30.0 Å². The number of aromatic hydroxyl groups is 1. The molecule has 0 saturated carbocycles.